The van der Waals surface area contributed by atoms with Crippen LogP contribution in [0, 0.1) is 0 Å². The second-order valence-corrected chi connectivity index (χ2v) is 2.58. The SMILES string of the molecule is CCOC1CC(O)OCC1O. The summed E-state index contributed by atoms with van der Waals surface area (Å²) in [6.45, 7) is 2.56. The first kappa shape index (κ1) is 8.93. The van der Waals surface area contributed by atoms with Crippen molar-refractivity contribution >= 4 is 0 Å². The van der Waals surface area contributed by atoms with E-state index in [1.807, 2.05) is 6.92 Å². The second-order valence-electron chi connectivity index (χ2n) is 2.58. The van der Waals surface area contributed by atoms with E-state index in [1.54, 1.807) is 0 Å². The molecule has 0 amide bonds. The zero-order chi connectivity index (χ0) is 8.27. The molecule has 3 atom stereocenters. The van der Waals surface area contributed by atoms with Crippen LogP contribution in [0.4, 0.5) is 0 Å². The van der Waals surface area contributed by atoms with Gasteiger partial charge in [-0.15, -0.1) is 0 Å². The molecule has 0 bridgehead atoms. The van der Waals surface area contributed by atoms with Gasteiger partial charge in [0.1, 0.15) is 6.10 Å². The van der Waals surface area contributed by atoms with Gasteiger partial charge in [-0.1, -0.05) is 0 Å². The van der Waals surface area contributed by atoms with Crippen molar-refractivity contribution in [3.05, 3.63) is 0 Å². The fraction of sp³-hybridized carbons (Fsp3) is 1.00. The molecule has 11 heavy (non-hydrogen) atoms. The quantitative estimate of drug-likeness (QED) is 0.574. The van der Waals surface area contributed by atoms with Gasteiger partial charge < -0.3 is 19.7 Å². The van der Waals surface area contributed by atoms with Crippen molar-refractivity contribution < 1.29 is 19.7 Å². The van der Waals surface area contributed by atoms with Crippen molar-refractivity contribution in [1.82, 2.24) is 0 Å². The average molecular weight is 162 g/mol. The molecule has 0 radical (unpaired) electrons. The van der Waals surface area contributed by atoms with Gasteiger partial charge in [0.15, 0.2) is 6.29 Å². The molecule has 0 aliphatic carbocycles. The molecule has 0 aromatic rings. The molecule has 66 valence electrons. The highest BCUT2D eigenvalue weighted by Gasteiger charge is 2.28. The Labute approximate surface area is 65.7 Å². The van der Waals surface area contributed by atoms with Crippen LogP contribution in [0.5, 0.6) is 0 Å². The van der Waals surface area contributed by atoms with E-state index >= 15 is 0 Å². The zero-order valence-corrected chi connectivity index (χ0v) is 6.56. The summed E-state index contributed by atoms with van der Waals surface area (Å²) >= 11 is 0. The number of ether oxygens (including phenoxy) is 2. The Morgan fingerprint density at radius 3 is 2.91 bits per heavy atom. The van der Waals surface area contributed by atoms with E-state index in [2.05, 4.69) is 0 Å². The maximum atomic E-state index is 9.26. The van der Waals surface area contributed by atoms with Gasteiger partial charge in [0.2, 0.25) is 0 Å². The van der Waals surface area contributed by atoms with Crippen LogP contribution in [-0.2, 0) is 9.47 Å². The molecule has 1 aliphatic heterocycles. The lowest BCUT2D eigenvalue weighted by Gasteiger charge is -2.30. The highest BCUT2D eigenvalue weighted by Crippen LogP contribution is 2.15. The lowest BCUT2D eigenvalue weighted by molar-refractivity contribution is -0.204. The summed E-state index contributed by atoms with van der Waals surface area (Å²) in [7, 11) is 0. The van der Waals surface area contributed by atoms with Crippen LogP contribution < -0.4 is 0 Å². The van der Waals surface area contributed by atoms with Crippen LogP contribution in [0.1, 0.15) is 13.3 Å². The van der Waals surface area contributed by atoms with Gasteiger partial charge in [0, 0.05) is 13.0 Å². The number of aliphatic hydroxyl groups excluding tert-OH is 2. The Balaban J connectivity index is 2.34. The Kier molecular flexibility index (Phi) is 3.26. The lowest BCUT2D eigenvalue weighted by Crippen LogP contribution is -2.42. The van der Waals surface area contributed by atoms with E-state index in [-0.39, 0.29) is 12.7 Å². The number of hydrogen-bond donors (Lipinski definition) is 2. The minimum absolute atomic E-state index is 0.159. The van der Waals surface area contributed by atoms with Gasteiger partial charge in [-0.2, -0.15) is 0 Å². The molecule has 0 aromatic heterocycles. The largest absolute Gasteiger partial charge is 0.388 e. The molecule has 3 unspecified atom stereocenters. The first-order chi connectivity index (χ1) is 5.24. The smallest absolute Gasteiger partial charge is 0.157 e. The highest BCUT2D eigenvalue weighted by molar-refractivity contribution is 4.74. The highest BCUT2D eigenvalue weighted by atomic mass is 16.6. The molecule has 1 rings (SSSR count). The third-order valence-corrected chi connectivity index (χ3v) is 1.70. The zero-order valence-electron chi connectivity index (χ0n) is 6.56. The predicted molar refractivity (Wildman–Crippen MR) is 38.0 cm³/mol. The van der Waals surface area contributed by atoms with Crippen molar-refractivity contribution in [2.24, 2.45) is 0 Å². The molecule has 0 aromatic carbocycles. The Morgan fingerprint density at radius 2 is 2.27 bits per heavy atom. The Hall–Kier alpha value is -0.160. The van der Waals surface area contributed by atoms with Crippen LogP contribution in [-0.4, -0.2) is 41.9 Å². The van der Waals surface area contributed by atoms with Crippen molar-refractivity contribution in [2.75, 3.05) is 13.2 Å². The van der Waals surface area contributed by atoms with E-state index < -0.39 is 12.4 Å². The van der Waals surface area contributed by atoms with Crippen molar-refractivity contribution in [3.8, 4) is 0 Å². The summed E-state index contributed by atoms with van der Waals surface area (Å²) in [5, 5.41) is 18.3. The minimum Gasteiger partial charge on any atom is -0.388 e. The van der Waals surface area contributed by atoms with E-state index in [9.17, 15) is 5.11 Å². The summed E-state index contributed by atoms with van der Waals surface area (Å²) in [6.07, 6.45) is -1.30. The maximum Gasteiger partial charge on any atom is 0.157 e. The van der Waals surface area contributed by atoms with E-state index in [4.69, 9.17) is 14.6 Å². The lowest BCUT2D eigenvalue weighted by atomic mass is 10.1. The topological polar surface area (TPSA) is 58.9 Å². The van der Waals surface area contributed by atoms with Crippen molar-refractivity contribution in [3.63, 3.8) is 0 Å². The number of aliphatic hydroxyl groups is 2. The predicted octanol–water partition coefficient (Wildman–Crippen LogP) is -0.509. The first-order valence-electron chi connectivity index (χ1n) is 3.83. The molecule has 2 N–H and O–H groups in total. The molecule has 4 nitrogen and oxygen atoms in total. The van der Waals surface area contributed by atoms with Crippen molar-refractivity contribution in [1.29, 1.82) is 0 Å². The summed E-state index contributed by atoms with van der Waals surface area (Å²) in [5.41, 5.74) is 0. The summed E-state index contributed by atoms with van der Waals surface area (Å²) in [5.74, 6) is 0. The third kappa shape index (κ3) is 2.41. The van der Waals surface area contributed by atoms with E-state index in [0.29, 0.717) is 13.0 Å². The van der Waals surface area contributed by atoms with Crippen LogP contribution in [0.3, 0.4) is 0 Å². The van der Waals surface area contributed by atoms with Crippen LogP contribution in [0.25, 0.3) is 0 Å². The monoisotopic (exact) mass is 162 g/mol. The standard InChI is InChI=1S/C7H14O4/c1-2-10-6-3-7(9)11-4-5(6)8/h5-9H,2-4H2,1H3. The summed E-state index contributed by atoms with van der Waals surface area (Å²) in [6, 6.07) is 0. The van der Waals surface area contributed by atoms with Crippen LogP contribution in [0.15, 0.2) is 0 Å². The van der Waals surface area contributed by atoms with Gasteiger partial charge in [-0.05, 0) is 6.92 Å². The Bertz CT molecular complexity index is 117. The average Bonchev–Trinajstić information content (AvgIpc) is 1.98. The molecule has 1 fully saturated rings. The van der Waals surface area contributed by atoms with Gasteiger partial charge in [-0.3, -0.25) is 0 Å². The van der Waals surface area contributed by atoms with Gasteiger partial charge in [0.05, 0.1) is 12.7 Å². The fourth-order valence-electron chi connectivity index (χ4n) is 1.13. The third-order valence-electron chi connectivity index (χ3n) is 1.70. The normalized spacial score (nSPS) is 39.0. The number of rotatable bonds is 2. The molecule has 1 saturated heterocycles. The Morgan fingerprint density at radius 1 is 1.55 bits per heavy atom. The van der Waals surface area contributed by atoms with Crippen molar-refractivity contribution in [2.45, 2.75) is 31.8 Å². The van der Waals surface area contributed by atoms with Crippen LogP contribution in [0.2, 0.25) is 0 Å². The minimum atomic E-state index is -0.782. The van der Waals surface area contributed by atoms with Crippen LogP contribution >= 0.6 is 0 Å². The molecule has 0 spiro atoms. The summed E-state index contributed by atoms with van der Waals surface area (Å²) < 4.78 is 9.97. The molecular formula is C7H14O4. The molecular weight excluding hydrogens is 148 g/mol. The molecule has 4 heteroatoms. The number of hydrogen-bond acceptors (Lipinski definition) is 4. The fourth-order valence-corrected chi connectivity index (χ4v) is 1.13. The van der Waals surface area contributed by atoms with Gasteiger partial charge in [0.25, 0.3) is 0 Å². The van der Waals surface area contributed by atoms with E-state index in [1.165, 1.54) is 0 Å². The molecule has 0 saturated carbocycles. The summed E-state index contributed by atoms with van der Waals surface area (Å²) in [4.78, 5) is 0. The van der Waals surface area contributed by atoms with Gasteiger partial charge in [-0.25, -0.2) is 0 Å². The molecule has 1 aliphatic rings. The second kappa shape index (κ2) is 4.01. The van der Waals surface area contributed by atoms with E-state index in [0.717, 1.165) is 0 Å². The maximum absolute atomic E-state index is 9.26. The molecule has 1 heterocycles. The van der Waals surface area contributed by atoms with Gasteiger partial charge >= 0.3 is 0 Å². The first-order valence-corrected chi connectivity index (χ1v) is 3.83.